The van der Waals surface area contributed by atoms with Crippen molar-refractivity contribution < 1.29 is 0 Å². The molecule has 0 unspecified atom stereocenters. The van der Waals surface area contributed by atoms with E-state index in [0.29, 0.717) is 0 Å². The molecule has 0 aromatic carbocycles. The van der Waals surface area contributed by atoms with Gasteiger partial charge in [-0.25, -0.2) is 0 Å². The summed E-state index contributed by atoms with van der Waals surface area (Å²) < 4.78 is 0.815. The number of anilines is 1. The van der Waals surface area contributed by atoms with Crippen LogP contribution in [0.4, 0.5) is 5.13 Å². The highest BCUT2D eigenvalue weighted by molar-refractivity contribution is 9.11. The molecular formula is C8H9BrN4S. The van der Waals surface area contributed by atoms with Gasteiger partial charge >= 0.3 is 0 Å². The highest BCUT2D eigenvalue weighted by Gasteiger charge is 2.20. The molecule has 0 spiro atoms. The lowest BCUT2D eigenvalue weighted by molar-refractivity contribution is 0.486. The summed E-state index contributed by atoms with van der Waals surface area (Å²) in [6.45, 7) is 1.83. The molecule has 1 aliphatic heterocycles. The Bertz CT molecular complexity index is 350. The molecule has 0 atom stereocenters. The molecule has 0 amide bonds. The lowest BCUT2D eigenvalue weighted by Gasteiger charge is -2.28. The van der Waals surface area contributed by atoms with Gasteiger partial charge in [0, 0.05) is 19.0 Å². The van der Waals surface area contributed by atoms with E-state index >= 15 is 0 Å². The van der Waals surface area contributed by atoms with Crippen LogP contribution in [0, 0.1) is 17.2 Å². The van der Waals surface area contributed by atoms with Crippen molar-refractivity contribution in [3.8, 4) is 6.07 Å². The van der Waals surface area contributed by atoms with Crippen molar-refractivity contribution in [1.29, 1.82) is 5.26 Å². The average molecular weight is 273 g/mol. The first kappa shape index (κ1) is 9.87. The molecule has 1 fully saturated rings. The molecule has 6 heteroatoms. The normalized spacial score (nSPS) is 18.1. The first-order valence-corrected chi connectivity index (χ1v) is 6.04. The second kappa shape index (κ2) is 4.24. The monoisotopic (exact) mass is 272 g/mol. The second-order valence-corrected chi connectivity index (χ2v) is 5.46. The molecule has 1 aliphatic rings. The van der Waals surface area contributed by atoms with Crippen molar-refractivity contribution in [1.82, 2.24) is 10.2 Å². The predicted octanol–water partition coefficient (Wildman–Crippen LogP) is 2.04. The van der Waals surface area contributed by atoms with Crippen molar-refractivity contribution in [2.45, 2.75) is 12.8 Å². The zero-order valence-electron chi connectivity index (χ0n) is 7.48. The predicted molar refractivity (Wildman–Crippen MR) is 58.2 cm³/mol. The van der Waals surface area contributed by atoms with Gasteiger partial charge in [0.1, 0.15) is 0 Å². The molecular weight excluding hydrogens is 264 g/mol. The zero-order chi connectivity index (χ0) is 9.97. The topological polar surface area (TPSA) is 52.8 Å². The Labute approximate surface area is 94.7 Å². The van der Waals surface area contributed by atoms with E-state index in [0.717, 1.165) is 35.0 Å². The van der Waals surface area contributed by atoms with Gasteiger partial charge < -0.3 is 4.90 Å². The number of nitrogens with zero attached hydrogens (tertiary/aromatic N) is 4. The number of halogens is 1. The van der Waals surface area contributed by atoms with Crippen LogP contribution < -0.4 is 4.90 Å². The largest absolute Gasteiger partial charge is 0.347 e. The highest BCUT2D eigenvalue weighted by Crippen LogP contribution is 2.27. The molecule has 2 rings (SSSR count). The second-order valence-electron chi connectivity index (χ2n) is 3.23. The molecule has 14 heavy (non-hydrogen) atoms. The van der Waals surface area contributed by atoms with E-state index in [1.54, 1.807) is 11.3 Å². The number of piperidine rings is 1. The van der Waals surface area contributed by atoms with Gasteiger partial charge in [-0.1, -0.05) is 11.3 Å². The Hall–Kier alpha value is -0.670. The highest BCUT2D eigenvalue weighted by atomic mass is 79.9. The summed E-state index contributed by atoms with van der Waals surface area (Å²) in [7, 11) is 0. The fourth-order valence-electron chi connectivity index (χ4n) is 1.53. The van der Waals surface area contributed by atoms with Gasteiger partial charge in [-0.05, 0) is 28.8 Å². The molecule has 4 nitrogen and oxygen atoms in total. The Morgan fingerprint density at radius 2 is 2.14 bits per heavy atom. The van der Waals surface area contributed by atoms with E-state index in [1.165, 1.54) is 0 Å². The molecule has 1 saturated heterocycles. The first-order valence-electron chi connectivity index (χ1n) is 4.43. The molecule has 0 radical (unpaired) electrons. The Morgan fingerprint density at radius 3 is 2.64 bits per heavy atom. The summed E-state index contributed by atoms with van der Waals surface area (Å²) in [5, 5.41) is 17.7. The minimum Gasteiger partial charge on any atom is -0.347 e. The van der Waals surface area contributed by atoms with Crippen LogP contribution >= 0.6 is 27.3 Å². The van der Waals surface area contributed by atoms with Crippen LogP contribution in [-0.2, 0) is 0 Å². The molecule has 0 saturated carbocycles. The van der Waals surface area contributed by atoms with Gasteiger partial charge in [-0.2, -0.15) is 5.26 Å². The third-order valence-corrected chi connectivity index (χ3v) is 3.75. The lowest BCUT2D eigenvalue weighted by atomic mass is 9.99. The third-order valence-electron chi connectivity index (χ3n) is 2.34. The van der Waals surface area contributed by atoms with Gasteiger partial charge in [0.25, 0.3) is 0 Å². The maximum atomic E-state index is 8.75. The van der Waals surface area contributed by atoms with Crippen molar-refractivity contribution in [3.05, 3.63) is 3.92 Å². The molecule has 0 bridgehead atoms. The summed E-state index contributed by atoms with van der Waals surface area (Å²) in [6.07, 6.45) is 1.88. The summed E-state index contributed by atoms with van der Waals surface area (Å²) in [6, 6.07) is 2.31. The summed E-state index contributed by atoms with van der Waals surface area (Å²) in [5.41, 5.74) is 0. The number of hydrogen-bond donors (Lipinski definition) is 0. The van der Waals surface area contributed by atoms with Crippen molar-refractivity contribution in [3.63, 3.8) is 0 Å². The van der Waals surface area contributed by atoms with Crippen LogP contribution in [0.5, 0.6) is 0 Å². The minimum absolute atomic E-state index is 0.225. The third kappa shape index (κ3) is 2.04. The number of rotatable bonds is 1. The van der Waals surface area contributed by atoms with E-state index in [2.05, 4.69) is 37.1 Å². The molecule has 1 aromatic rings. The van der Waals surface area contributed by atoms with Crippen molar-refractivity contribution in [2.75, 3.05) is 18.0 Å². The van der Waals surface area contributed by atoms with Crippen LogP contribution in [0.2, 0.25) is 0 Å². The fraction of sp³-hybridized carbons (Fsp3) is 0.625. The maximum Gasteiger partial charge on any atom is 0.209 e. The smallest absolute Gasteiger partial charge is 0.209 e. The van der Waals surface area contributed by atoms with Crippen LogP contribution in [0.25, 0.3) is 0 Å². The van der Waals surface area contributed by atoms with Gasteiger partial charge in [-0.3, -0.25) is 0 Å². The van der Waals surface area contributed by atoms with Crippen LogP contribution in [-0.4, -0.2) is 23.3 Å². The van der Waals surface area contributed by atoms with E-state index < -0.39 is 0 Å². The van der Waals surface area contributed by atoms with E-state index in [1.807, 2.05) is 0 Å². The Balaban J connectivity index is 1.99. The number of nitriles is 1. The average Bonchev–Trinajstić information content (AvgIpc) is 2.65. The van der Waals surface area contributed by atoms with Crippen molar-refractivity contribution >= 4 is 32.4 Å². The zero-order valence-corrected chi connectivity index (χ0v) is 9.88. The molecule has 74 valence electrons. The van der Waals surface area contributed by atoms with Crippen LogP contribution in [0.15, 0.2) is 3.92 Å². The summed E-state index contributed by atoms with van der Waals surface area (Å²) in [4.78, 5) is 2.19. The Morgan fingerprint density at radius 1 is 1.43 bits per heavy atom. The van der Waals surface area contributed by atoms with Crippen LogP contribution in [0.3, 0.4) is 0 Å². The minimum atomic E-state index is 0.225. The fourth-order valence-corrected chi connectivity index (χ4v) is 2.67. The van der Waals surface area contributed by atoms with E-state index in [9.17, 15) is 0 Å². The van der Waals surface area contributed by atoms with Gasteiger partial charge in [0.15, 0.2) is 3.92 Å². The van der Waals surface area contributed by atoms with Crippen molar-refractivity contribution in [2.24, 2.45) is 5.92 Å². The van der Waals surface area contributed by atoms with E-state index in [-0.39, 0.29) is 5.92 Å². The standard InChI is InChI=1S/C8H9BrN4S/c9-7-11-12-8(14-7)13-3-1-6(5-10)2-4-13/h6H,1-4H2. The number of hydrogen-bond acceptors (Lipinski definition) is 5. The SMILES string of the molecule is N#CC1CCN(c2nnc(Br)s2)CC1. The maximum absolute atomic E-state index is 8.75. The molecule has 1 aromatic heterocycles. The first-order chi connectivity index (χ1) is 6.79. The quantitative estimate of drug-likeness (QED) is 0.785. The van der Waals surface area contributed by atoms with Crippen LogP contribution in [0.1, 0.15) is 12.8 Å². The molecule has 0 aliphatic carbocycles. The summed E-state index contributed by atoms with van der Waals surface area (Å²) >= 11 is 4.83. The van der Waals surface area contributed by atoms with Gasteiger partial charge in [0.05, 0.1) is 6.07 Å². The Kier molecular flexibility index (Phi) is 2.99. The van der Waals surface area contributed by atoms with Gasteiger partial charge in [0.2, 0.25) is 5.13 Å². The van der Waals surface area contributed by atoms with Gasteiger partial charge in [-0.15, -0.1) is 10.2 Å². The molecule has 0 N–H and O–H groups in total. The lowest BCUT2D eigenvalue weighted by Crippen LogP contribution is -2.33. The molecule has 2 heterocycles. The number of aromatic nitrogens is 2. The summed E-state index contributed by atoms with van der Waals surface area (Å²) in [5.74, 6) is 0.225. The van der Waals surface area contributed by atoms with E-state index in [4.69, 9.17) is 5.26 Å².